The molecule has 2 rings (SSSR count). The van der Waals surface area contributed by atoms with Crippen LogP contribution in [-0.4, -0.2) is 11.3 Å². The summed E-state index contributed by atoms with van der Waals surface area (Å²) in [6.07, 6.45) is 0.311. The molecule has 0 radical (unpaired) electrons. The smallest absolute Gasteiger partial charge is 0.225 e. The molecule has 0 aliphatic rings. The van der Waals surface area contributed by atoms with E-state index in [1.807, 2.05) is 54.6 Å². The van der Waals surface area contributed by atoms with E-state index >= 15 is 0 Å². The van der Waals surface area contributed by atoms with Crippen LogP contribution in [0.5, 0.6) is 0 Å². The van der Waals surface area contributed by atoms with Gasteiger partial charge in [0.15, 0.2) is 0 Å². The number of anilines is 3. The molecule has 1 unspecified atom stereocenters. The third-order valence-corrected chi connectivity index (χ3v) is 2.85. The quantitative estimate of drug-likeness (QED) is 0.801. The minimum atomic E-state index is -0.158. The summed E-state index contributed by atoms with van der Waals surface area (Å²) in [6, 6.07) is 17.5. The first-order chi connectivity index (χ1) is 9.63. The Hall–Kier alpha value is -2.00. The van der Waals surface area contributed by atoms with E-state index < -0.39 is 0 Å². The van der Waals surface area contributed by atoms with Crippen LogP contribution in [0.1, 0.15) is 13.3 Å². The molecule has 0 aromatic heterocycles. The van der Waals surface area contributed by atoms with Gasteiger partial charge in [-0.05, 0) is 43.3 Å². The summed E-state index contributed by atoms with van der Waals surface area (Å²) < 4.78 is 0. The zero-order valence-electron chi connectivity index (χ0n) is 11.3. The molecule has 0 fully saturated rings. The fraction of sp³-hybridized carbons (Fsp3) is 0.188. The number of halogens is 1. The maximum Gasteiger partial charge on any atom is 0.225 e. The topological polar surface area (TPSA) is 41.1 Å². The predicted molar refractivity (Wildman–Crippen MR) is 84.7 cm³/mol. The molecular weight excluding hydrogens is 272 g/mol. The number of para-hydroxylation sites is 1. The first-order valence-corrected chi connectivity index (χ1v) is 6.93. The Morgan fingerprint density at radius 1 is 1.00 bits per heavy atom. The fourth-order valence-corrected chi connectivity index (χ4v) is 1.93. The molecule has 2 aromatic rings. The molecule has 2 aromatic carbocycles. The molecule has 0 bridgehead atoms. The van der Waals surface area contributed by atoms with Crippen LogP contribution in [0.4, 0.5) is 17.1 Å². The fourth-order valence-electron chi connectivity index (χ4n) is 1.79. The summed E-state index contributed by atoms with van der Waals surface area (Å²) in [7, 11) is 0. The zero-order valence-corrected chi connectivity index (χ0v) is 12.0. The van der Waals surface area contributed by atoms with Gasteiger partial charge in [-0.1, -0.05) is 18.2 Å². The van der Waals surface area contributed by atoms with Crippen molar-refractivity contribution in [3.8, 4) is 0 Å². The molecule has 0 aliphatic heterocycles. The van der Waals surface area contributed by atoms with E-state index in [0.717, 1.165) is 17.1 Å². The number of hydrogen-bond acceptors (Lipinski definition) is 2. The van der Waals surface area contributed by atoms with E-state index in [1.54, 1.807) is 6.92 Å². The van der Waals surface area contributed by atoms with Gasteiger partial charge in [-0.3, -0.25) is 4.79 Å². The predicted octanol–water partition coefficient (Wildman–Crippen LogP) is 4.39. The molecule has 0 saturated carbocycles. The molecule has 1 amide bonds. The number of carbonyl (C=O) groups is 1. The lowest BCUT2D eigenvalue weighted by Gasteiger charge is -2.09. The van der Waals surface area contributed by atoms with Crippen molar-refractivity contribution in [3.05, 3.63) is 54.6 Å². The van der Waals surface area contributed by atoms with Gasteiger partial charge in [-0.2, -0.15) is 0 Å². The molecule has 1 atom stereocenters. The molecule has 0 saturated heterocycles. The lowest BCUT2D eigenvalue weighted by molar-refractivity contribution is -0.116. The first kappa shape index (κ1) is 14.4. The Morgan fingerprint density at radius 2 is 1.55 bits per heavy atom. The average Bonchev–Trinajstić information content (AvgIpc) is 2.41. The first-order valence-electron chi connectivity index (χ1n) is 6.49. The number of hydrogen-bond donors (Lipinski definition) is 2. The maximum atomic E-state index is 11.6. The van der Waals surface area contributed by atoms with Gasteiger partial charge in [-0.15, -0.1) is 11.6 Å². The SMILES string of the molecule is CC(Cl)CC(=O)Nc1ccc(Nc2ccccc2)cc1. The van der Waals surface area contributed by atoms with Crippen LogP contribution in [0, 0.1) is 0 Å². The van der Waals surface area contributed by atoms with Crippen LogP contribution in [0.15, 0.2) is 54.6 Å². The summed E-state index contributed by atoms with van der Waals surface area (Å²) in [5.41, 5.74) is 2.77. The standard InChI is InChI=1S/C16H17ClN2O/c1-12(17)11-16(20)19-15-9-7-14(8-10-15)18-13-5-3-2-4-6-13/h2-10,12,18H,11H2,1H3,(H,19,20). The Kier molecular flexibility index (Phi) is 5.02. The second-order valence-electron chi connectivity index (χ2n) is 4.60. The summed E-state index contributed by atoms with van der Waals surface area (Å²) in [6.45, 7) is 1.80. The van der Waals surface area contributed by atoms with Gasteiger partial charge >= 0.3 is 0 Å². The molecule has 3 nitrogen and oxygen atoms in total. The van der Waals surface area contributed by atoms with Crippen molar-refractivity contribution < 1.29 is 4.79 Å². The molecule has 0 aliphatic carbocycles. The molecule has 4 heteroatoms. The van der Waals surface area contributed by atoms with Crippen molar-refractivity contribution in [1.29, 1.82) is 0 Å². The molecular formula is C16H17ClN2O. The van der Waals surface area contributed by atoms with Gasteiger partial charge in [0, 0.05) is 28.9 Å². The lowest BCUT2D eigenvalue weighted by atomic mass is 10.2. The monoisotopic (exact) mass is 288 g/mol. The lowest BCUT2D eigenvalue weighted by Crippen LogP contribution is -2.14. The molecule has 20 heavy (non-hydrogen) atoms. The normalized spacial score (nSPS) is 11.7. The highest BCUT2D eigenvalue weighted by atomic mass is 35.5. The number of carbonyl (C=O) groups excluding carboxylic acids is 1. The van der Waals surface area contributed by atoms with Crippen LogP contribution >= 0.6 is 11.6 Å². The summed E-state index contributed by atoms with van der Waals surface area (Å²) >= 11 is 5.78. The van der Waals surface area contributed by atoms with E-state index in [-0.39, 0.29) is 11.3 Å². The van der Waals surface area contributed by atoms with Crippen molar-refractivity contribution in [1.82, 2.24) is 0 Å². The number of rotatable bonds is 5. The van der Waals surface area contributed by atoms with Gasteiger partial charge < -0.3 is 10.6 Å². The van der Waals surface area contributed by atoms with E-state index in [0.29, 0.717) is 6.42 Å². The van der Waals surface area contributed by atoms with E-state index in [4.69, 9.17) is 11.6 Å². The Bertz CT molecular complexity index is 552. The molecule has 104 valence electrons. The van der Waals surface area contributed by atoms with Crippen LogP contribution < -0.4 is 10.6 Å². The second kappa shape index (κ2) is 6.96. The van der Waals surface area contributed by atoms with E-state index in [9.17, 15) is 4.79 Å². The Morgan fingerprint density at radius 3 is 2.15 bits per heavy atom. The Balaban J connectivity index is 1.94. The minimum Gasteiger partial charge on any atom is -0.356 e. The van der Waals surface area contributed by atoms with Crippen LogP contribution in [0.2, 0.25) is 0 Å². The highest BCUT2D eigenvalue weighted by Gasteiger charge is 2.06. The van der Waals surface area contributed by atoms with E-state index in [2.05, 4.69) is 10.6 Å². The van der Waals surface area contributed by atoms with Crippen molar-refractivity contribution in [3.63, 3.8) is 0 Å². The highest BCUT2D eigenvalue weighted by molar-refractivity contribution is 6.21. The second-order valence-corrected chi connectivity index (χ2v) is 5.35. The van der Waals surface area contributed by atoms with Crippen molar-refractivity contribution in [2.75, 3.05) is 10.6 Å². The summed E-state index contributed by atoms with van der Waals surface area (Å²) in [5.74, 6) is -0.0729. The Labute approximate surface area is 124 Å². The van der Waals surface area contributed by atoms with Gasteiger partial charge in [0.2, 0.25) is 5.91 Å². The van der Waals surface area contributed by atoms with Crippen LogP contribution in [0.3, 0.4) is 0 Å². The third-order valence-electron chi connectivity index (χ3n) is 2.70. The zero-order chi connectivity index (χ0) is 14.4. The number of alkyl halides is 1. The largest absolute Gasteiger partial charge is 0.356 e. The van der Waals surface area contributed by atoms with Crippen LogP contribution in [-0.2, 0) is 4.79 Å². The maximum absolute atomic E-state index is 11.6. The number of amides is 1. The number of nitrogens with one attached hydrogen (secondary N) is 2. The molecule has 0 heterocycles. The highest BCUT2D eigenvalue weighted by Crippen LogP contribution is 2.18. The number of benzene rings is 2. The van der Waals surface area contributed by atoms with Gasteiger partial charge in [-0.25, -0.2) is 0 Å². The third kappa shape index (κ3) is 4.59. The molecule has 0 spiro atoms. The average molecular weight is 289 g/mol. The minimum absolute atomic E-state index is 0.0729. The summed E-state index contributed by atoms with van der Waals surface area (Å²) in [4.78, 5) is 11.6. The van der Waals surface area contributed by atoms with Gasteiger partial charge in [0.05, 0.1) is 0 Å². The van der Waals surface area contributed by atoms with Crippen LogP contribution in [0.25, 0.3) is 0 Å². The van der Waals surface area contributed by atoms with Crippen molar-refractivity contribution in [2.24, 2.45) is 0 Å². The van der Waals surface area contributed by atoms with Crippen molar-refractivity contribution in [2.45, 2.75) is 18.7 Å². The summed E-state index contributed by atoms with van der Waals surface area (Å²) in [5, 5.41) is 5.94. The van der Waals surface area contributed by atoms with Gasteiger partial charge in [0.25, 0.3) is 0 Å². The van der Waals surface area contributed by atoms with Crippen molar-refractivity contribution >= 4 is 34.6 Å². The van der Waals surface area contributed by atoms with Gasteiger partial charge in [0.1, 0.15) is 0 Å². The molecule has 2 N–H and O–H groups in total. The van der Waals surface area contributed by atoms with E-state index in [1.165, 1.54) is 0 Å².